The summed E-state index contributed by atoms with van der Waals surface area (Å²) >= 11 is 0. The van der Waals surface area contributed by atoms with Gasteiger partial charge in [0.25, 0.3) is 0 Å². The second kappa shape index (κ2) is 6.50. The highest BCUT2D eigenvalue weighted by atomic mass is 19.4. The standard InChI is InChI=1S/C18H6F14/c19-13(20)7-1-2-8(4-3-7)14(21,22)16(25,26)10-6-11(17(27,28)29)9(15(13,23)24)5-12(10)18(30,31)32/h1-6H. The van der Waals surface area contributed by atoms with Crippen LogP contribution in [0.3, 0.4) is 0 Å². The first-order chi connectivity index (χ1) is 14.2. The molecule has 0 radical (unpaired) electrons. The van der Waals surface area contributed by atoms with Gasteiger partial charge in [-0.2, -0.15) is 61.5 Å². The molecule has 4 aliphatic carbocycles. The van der Waals surface area contributed by atoms with Gasteiger partial charge in [0.2, 0.25) is 0 Å². The molecule has 4 bridgehead atoms. The average Bonchev–Trinajstić information content (AvgIpc) is 2.64. The fourth-order valence-electron chi connectivity index (χ4n) is 3.18. The third-order valence-corrected chi connectivity index (χ3v) is 4.84. The second-order valence-corrected chi connectivity index (χ2v) is 6.81. The predicted octanol–water partition coefficient (Wildman–Crippen LogP) is 7.81. The molecule has 2 aromatic rings. The molecule has 0 fully saturated rings. The number of rotatable bonds is 0. The molecule has 0 N–H and O–H groups in total. The van der Waals surface area contributed by atoms with Gasteiger partial charge in [0, 0.05) is 22.3 Å². The summed E-state index contributed by atoms with van der Waals surface area (Å²) in [5.74, 6) is -23.3. The van der Waals surface area contributed by atoms with Crippen molar-refractivity contribution in [2.75, 3.05) is 0 Å². The minimum absolute atomic E-state index is 0.154. The SMILES string of the molecule is FC(F)(F)c1cc2c(C(F)(F)F)cc1C(F)(F)C(F)(F)c1ccc(cc1)C(F)(F)C2(F)F. The lowest BCUT2D eigenvalue weighted by Gasteiger charge is -2.34. The summed E-state index contributed by atoms with van der Waals surface area (Å²) in [4.78, 5) is 0. The van der Waals surface area contributed by atoms with Crippen molar-refractivity contribution in [2.24, 2.45) is 0 Å². The van der Waals surface area contributed by atoms with E-state index in [-0.39, 0.29) is 24.3 Å². The number of hydrogen-bond acceptors (Lipinski definition) is 0. The zero-order valence-electron chi connectivity index (χ0n) is 14.8. The van der Waals surface area contributed by atoms with Crippen LogP contribution in [0.5, 0.6) is 0 Å². The van der Waals surface area contributed by atoms with Crippen LogP contribution in [-0.2, 0) is 36.0 Å². The van der Waals surface area contributed by atoms with Crippen molar-refractivity contribution < 1.29 is 61.5 Å². The molecular formula is C18H6F14. The van der Waals surface area contributed by atoms with Gasteiger partial charge >= 0.3 is 36.0 Å². The summed E-state index contributed by atoms with van der Waals surface area (Å²) in [5, 5.41) is 0. The molecule has 0 unspecified atom stereocenters. The van der Waals surface area contributed by atoms with E-state index >= 15 is 0 Å². The first-order valence-electron chi connectivity index (χ1n) is 8.12. The predicted molar refractivity (Wildman–Crippen MR) is 78.5 cm³/mol. The summed E-state index contributed by atoms with van der Waals surface area (Å²) in [5.41, 5.74) is -15.9. The Bertz CT molecular complexity index is 956. The highest BCUT2D eigenvalue weighted by Gasteiger charge is 2.65. The Morgan fingerprint density at radius 1 is 0.438 bits per heavy atom. The van der Waals surface area contributed by atoms with Gasteiger partial charge in [-0.3, -0.25) is 0 Å². The van der Waals surface area contributed by atoms with E-state index < -0.39 is 81.6 Å². The quantitative estimate of drug-likeness (QED) is 0.332. The Morgan fingerprint density at radius 2 is 0.688 bits per heavy atom. The third kappa shape index (κ3) is 3.20. The Labute approximate surface area is 168 Å². The topological polar surface area (TPSA) is 0 Å². The lowest BCUT2D eigenvalue weighted by atomic mass is 9.83. The van der Waals surface area contributed by atoms with E-state index in [1.165, 1.54) is 0 Å². The van der Waals surface area contributed by atoms with Crippen LogP contribution in [0.4, 0.5) is 61.5 Å². The summed E-state index contributed by atoms with van der Waals surface area (Å²) in [7, 11) is 0. The van der Waals surface area contributed by atoms with Crippen molar-refractivity contribution in [1.29, 1.82) is 0 Å². The largest absolute Gasteiger partial charge is 0.416 e. The monoisotopic (exact) mass is 488 g/mol. The van der Waals surface area contributed by atoms with Crippen molar-refractivity contribution in [3.63, 3.8) is 0 Å². The molecular weight excluding hydrogens is 482 g/mol. The van der Waals surface area contributed by atoms with Gasteiger partial charge in [-0.25, -0.2) is 0 Å². The molecule has 6 rings (SSSR count). The fraction of sp³-hybridized carbons (Fsp3) is 0.333. The zero-order chi connectivity index (χ0) is 24.7. The molecule has 0 aliphatic heterocycles. The maximum absolute atomic E-state index is 14.6. The molecule has 0 saturated carbocycles. The van der Waals surface area contributed by atoms with Crippen molar-refractivity contribution in [2.45, 2.75) is 36.0 Å². The van der Waals surface area contributed by atoms with E-state index in [2.05, 4.69) is 0 Å². The fourth-order valence-corrected chi connectivity index (χ4v) is 3.18. The molecule has 32 heavy (non-hydrogen) atoms. The molecule has 0 spiro atoms. The van der Waals surface area contributed by atoms with Crippen LogP contribution in [0.15, 0.2) is 36.4 Å². The normalized spacial score (nSPS) is 21.2. The molecule has 0 atom stereocenters. The Hall–Kier alpha value is -2.54. The molecule has 176 valence electrons. The average molecular weight is 488 g/mol. The maximum atomic E-state index is 14.6. The van der Waals surface area contributed by atoms with Crippen molar-refractivity contribution >= 4 is 0 Å². The van der Waals surface area contributed by atoms with Gasteiger partial charge in [0.15, 0.2) is 0 Å². The minimum Gasteiger partial charge on any atom is -0.194 e. The molecule has 0 nitrogen and oxygen atoms in total. The lowest BCUT2D eigenvalue weighted by molar-refractivity contribution is -0.233. The number of halogens is 14. The van der Waals surface area contributed by atoms with Crippen molar-refractivity contribution in [3.05, 3.63) is 69.8 Å². The first-order valence-corrected chi connectivity index (χ1v) is 8.12. The highest BCUT2D eigenvalue weighted by Crippen LogP contribution is 2.58. The lowest BCUT2D eigenvalue weighted by Crippen LogP contribution is -2.41. The van der Waals surface area contributed by atoms with E-state index in [0.717, 1.165) is 0 Å². The molecule has 2 aromatic carbocycles. The molecule has 0 saturated heterocycles. The van der Waals surface area contributed by atoms with Crippen molar-refractivity contribution in [3.8, 4) is 0 Å². The second-order valence-electron chi connectivity index (χ2n) is 6.81. The van der Waals surface area contributed by atoms with Gasteiger partial charge in [-0.05, 0) is 12.1 Å². The van der Waals surface area contributed by atoms with Crippen LogP contribution >= 0.6 is 0 Å². The van der Waals surface area contributed by atoms with E-state index in [1.54, 1.807) is 0 Å². The smallest absolute Gasteiger partial charge is 0.194 e. The van der Waals surface area contributed by atoms with Gasteiger partial charge in [-0.1, -0.05) is 24.3 Å². The van der Waals surface area contributed by atoms with Gasteiger partial charge in [0.1, 0.15) is 0 Å². The van der Waals surface area contributed by atoms with Crippen LogP contribution in [0, 0.1) is 0 Å². The van der Waals surface area contributed by atoms with Crippen LogP contribution < -0.4 is 0 Å². The van der Waals surface area contributed by atoms with Crippen LogP contribution in [0.1, 0.15) is 33.4 Å². The molecule has 0 heterocycles. The highest BCUT2D eigenvalue weighted by molar-refractivity contribution is 5.49. The minimum atomic E-state index is -6.19. The Morgan fingerprint density at radius 3 is 0.906 bits per heavy atom. The Kier molecular flexibility index (Phi) is 4.90. The molecule has 4 aliphatic rings. The Balaban J connectivity index is 2.63. The number of hydrogen-bond donors (Lipinski definition) is 0. The summed E-state index contributed by atoms with van der Waals surface area (Å²) in [6.07, 6.45) is -12.4. The summed E-state index contributed by atoms with van der Waals surface area (Å²) in [6, 6.07) is -3.19. The van der Waals surface area contributed by atoms with Crippen LogP contribution in [-0.4, -0.2) is 0 Å². The van der Waals surface area contributed by atoms with E-state index in [0.29, 0.717) is 0 Å². The number of alkyl halides is 14. The van der Waals surface area contributed by atoms with E-state index in [9.17, 15) is 61.5 Å². The van der Waals surface area contributed by atoms with Gasteiger partial charge in [0.05, 0.1) is 11.1 Å². The maximum Gasteiger partial charge on any atom is 0.416 e. The zero-order valence-corrected chi connectivity index (χ0v) is 14.8. The molecule has 14 heteroatoms. The third-order valence-electron chi connectivity index (χ3n) is 4.84. The van der Waals surface area contributed by atoms with Gasteiger partial charge < -0.3 is 0 Å². The molecule has 0 amide bonds. The number of benzene rings is 2. The summed E-state index contributed by atoms with van der Waals surface area (Å²) < 4.78 is 196. The summed E-state index contributed by atoms with van der Waals surface area (Å²) in [6.45, 7) is 0. The van der Waals surface area contributed by atoms with E-state index in [4.69, 9.17) is 0 Å². The van der Waals surface area contributed by atoms with Crippen molar-refractivity contribution in [1.82, 2.24) is 0 Å². The van der Waals surface area contributed by atoms with Crippen LogP contribution in [0.2, 0.25) is 0 Å². The van der Waals surface area contributed by atoms with Gasteiger partial charge in [-0.15, -0.1) is 0 Å². The first kappa shape index (κ1) is 24.1. The molecule has 0 aromatic heterocycles. The van der Waals surface area contributed by atoms with Crippen LogP contribution in [0.25, 0.3) is 0 Å². The van der Waals surface area contributed by atoms with E-state index in [1.807, 2.05) is 0 Å².